The average Bonchev–Trinajstić information content (AvgIpc) is 3.64. The van der Waals surface area contributed by atoms with E-state index in [2.05, 4.69) is 16.6 Å². The van der Waals surface area contributed by atoms with E-state index in [1.165, 1.54) is 18.0 Å². The monoisotopic (exact) mass is 572 g/mol. The van der Waals surface area contributed by atoms with Crippen LogP contribution in [0.15, 0.2) is 44.1 Å². The van der Waals surface area contributed by atoms with Crippen LogP contribution in [-0.4, -0.2) is 54.0 Å². The van der Waals surface area contributed by atoms with Crippen LogP contribution in [0.4, 0.5) is 5.82 Å². The fourth-order valence-electron chi connectivity index (χ4n) is 4.28. The molecular formula is C26H32N6O5S2. The van der Waals surface area contributed by atoms with Gasteiger partial charge in [0.05, 0.1) is 23.2 Å². The largest absolute Gasteiger partial charge is 0.454 e. The first-order chi connectivity index (χ1) is 18.7. The smallest absolute Gasteiger partial charge is 0.231 e. The topological polar surface area (TPSA) is 145 Å². The number of benzene rings is 1. The summed E-state index contributed by atoms with van der Waals surface area (Å²) in [6, 6.07) is 3.69. The van der Waals surface area contributed by atoms with Crippen molar-refractivity contribution in [1.82, 2.24) is 19.3 Å². The predicted octanol–water partition coefficient (Wildman–Crippen LogP) is 4.88. The molecule has 2 N–H and O–H groups in total. The summed E-state index contributed by atoms with van der Waals surface area (Å²) in [5, 5.41) is 9.32. The van der Waals surface area contributed by atoms with Gasteiger partial charge in [-0.2, -0.15) is 0 Å². The highest BCUT2D eigenvalue weighted by Gasteiger charge is 2.27. The van der Waals surface area contributed by atoms with E-state index in [0.717, 1.165) is 11.3 Å². The molecule has 5 rings (SSSR count). The minimum absolute atomic E-state index is 0.0267. The Hall–Kier alpha value is -3.16. The predicted molar refractivity (Wildman–Crippen MR) is 149 cm³/mol. The molecule has 0 aliphatic carbocycles. The third kappa shape index (κ3) is 6.20. The minimum Gasteiger partial charge on any atom is -0.454 e. The van der Waals surface area contributed by atoms with Crippen LogP contribution in [0.25, 0.3) is 11.5 Å². The van der Waals surface area contributed by atoms with Crippen molar-refractivity contribution in [3.05, 3.63) is 30.3 Å². The van der Waals surface area contributed by atoms with Gasteiger partial charge in [0.2, 0.25) is 22.7 Å². The maximum atomic E-state index is 12.6. The molecule has 3 aromatic rings. The summed E-state index contributed by atoms with van der Waals surface area (Å²) in [5.41, 5.74) is 1.65. The van der Waals surface area contributed by atoms with Gasteiger partial charge in [0, 0.05) is 24.2 Å². The van der Waals surface area contributed by atoms with Gasteiger partial charge in [-0.3, -0.25) is 0 Å². The van der Waals surface area contributed by atoms with Gasteiger partial charge >= 0.3 is 0 Å². The Labute approximate surface area is 232 Å². The van der Waals surface area contributed by atoms with E-state index in [4.69, 9.17) is 29.3 Å². The first-order valence-electron chi connectivity index (χ1n) is 12.9. The third-order valence-corrected chi connectivity index (χ3v) is 8.92. The molecule has 208 valence electrons. The standard InChI is InChI=1S/C26H32N6O5S2/c1-4-17-10-19(27)23-24(29-14-17)32(7-5-9-39(33,34)30-13-16(2)3)26(31-23)38-22-12-21-20(36-15-37-21)11-18(22)25-28-6-8-35-25/h6,8,11-12,14,16-17,27,30H,4-5,7,9-10,13,15H2,1-3H3. The second-order valence-electron chi connectivity index (χ2n) is 9.90. The molecule has 4 heterocycles. The van der Waals surface area contributed by atoms with Crippen molar-refractivity contribution in [3.8, 4) is 23.0 Å². The van der Waals surface area contributed by atoms with Crippen LogP contribution in [0.5, 0.6) is 11.5 Å². The summed E-state index contributed by atoms with van der Waals surface area (Å²) in [6.45, 7) is 6.89. The van der Waals surface area contributed by atoms with Gasteiger partial charge in [0.15, 0.2) is 22.5 Å². The lowest BCUT2D eigenvalue weighted by Crippen LogP contribution is -2.30. The molecule has 39 heavy (non-hydrogen) atoms. The van der Waals surface area contributed by atoms with Gasteiger partial charge in [0.1, 0.15) is 12.0 Å². The second-order valence-corrected chi connectivity index (χ2v) is 12.8. The Bertz CT molecular complexity index is 1480. The van der Waals surface area contributed by atoms with E-state index in [1.807, 2.05) is 36.8 Å². The zero-order valence-electron chi connectivity index (χ0n) is 22.1. The molecule has 1 atom stereocenters. The molecule has 11 nitrogen and oxygen atoms in total. The quantitative estimate of drug-likeness (QED) is 0.331. The third-order valence-electron chi connectivity index (χ3n) is 6.44. The second kappa shape index (κ2) is 11.5. The van der Waals surface area contributed by atoms with Crippen LogP contribution in [-0.2, 0) is 16.6 Å². The molecule has 0 fully saturated rings. The molecule has 0 saturated heterocycles. The zero-order chi connectivity index (χ0) is 27.6. The number of aromatic nitrogens is 3. The highest BCUT2D eigenvalue weighted by Crippen LogP contribution is 2.45. The number of hydrogen-bond donors (Lipinski definition) is 2. The molecule has 1 unspecified atom stereocenters. The van der Waals surface area contributed by atoms with E-state index in [1.54, 1.807) is 6.20 Å². The van der Waals surface area contributed by atoms with Crippen LogP contribution < -0.4 is 14.2 Å². The van der Waals surface area contributed by atoms with Crippen molar-refractivity contribution in [2.75, 3.05) is 19.1 Å². The van der Waals surface area contributed by atoms with Crippen LogP contribution in [0.3, 0.4) is 0 Å². The Balaban J connectivity index is 1.50. The molecule has 2 aromatic heterocycles. The van der Waals surface area contributed by atoms with Gasteiger partial charge in [-0.1, -0.05) is 32.5 Å². The molecule has 0 amide bonds. The number of oxazole rings is 1. The van der Waals surface area contributed by atoms with Crippen LogP contribution in [0.2, 0.25) is 0 Å². The first-order valence-corrected chi connectivity index (χ1v) is 15.4. The molecule has 1 aromatic carbocycles. The molecule has 13 heteroatoms. The highest BCUT2D eigenvalue weighted by atomic mass is 32.2. The van der Waals surface area contributed by atoms with Crippen LogP contribution in [0, 0.1) is 17.2 Å². The van der Waals surface area contributed by atoms with Crippen molar-refractivity contribution in [1.29, 1.82) is 5.41 Å². The molecule has 2 aliphatic rings. The Morgan fingerprint density at radius 2 is 2.05 bits per heavy atom. The molecule has 0 saturated carbocycles. The lowest BCUT2D eigenvalue weighted by atomic mass is 10.0. The number of nitrogens with zero attached hydrogens (tertiary/aromatic N) is 4. The lowest BCUT2D eigenvalue weighted by Gasteiger charge is -2.13. The summed E-state index contributed by atoms with van der Waals surface area (Å²) >= 11 is 1.37. The molecule has 2 aliphatic heterocycles. The maximum Gasteiger partial charge on any atom is 0.231 e. The van der Waals surface area contributed by atoms with Crippen molar-refractivity contribution in [2.45, 2.75) is 56.6 Å². The summed E-state index contributed by atoms with van der Waals surface area (Å²) in [4.78, 5) is 14.7. The number of nitrogens with one attached hydrogen (secondary N) is 2. The first kappa shape index (κ1) is 27.4. The molecule has 0 spiro atoms. The fraction of sp³-hybridized carbons (Fsp3) is 0.462. The van der Waals surface area contributed by atoms with Crippen LogP contribution in [0.1, 0.15) is 45.7 Å². The van der Waals surface area contributed by atoms with Gasteiger partial charge in [-0.05, 0) is 43.2 Å². The van der Waals surface area contributed by atoms with Gasteiger partial charge in [-0.25, -0.2) is 28.1 Å². The summed E-state index contributed by atoms with van der Waals surface area (Å²) in [7, 11) is -3.42. The summed E-state index contributed by atoms with van der Waals surface area (Å²) in [6.07, 6.45) is 6.74. The zero-order valence-corrected chi connectivity index (χ0v) is 23.8. The maximum absolute atomic E-state index is 12.6. The van der Waals surface area contributed by atoms with Crippen molar-refractivity contribution in [2.24, 2.45) is 16.8 Å². The molecular weight excluding hydrogens is 540 g/mol. The highest BCUT2D eigenvalue weighted by molar-refractivity contribution is 7.99. The van der Waals surface area contributed by atoms with Crippen LogP contribution >= 0.6 is 11.8 Å². The summed E-state index contributed by atoms with van der Waals surface area (Å²) in [5.74, 6) is 2.55. The van der Waals surface area contributed by atoms with Crippen molar-refractivity contribution < 1.29 is 22.3 Å². The van der Waals surface area contributed by atoms with Crippen molar-refractivity contribution >= 4 is 39.5 Å². The lowest BCUT2D eigenvalue weighted by molar-refractivity contribution is 0.174. The van der Waals surface area contributed by atoms with E-state index >= 15 is 0 Å². The van der Waals surface area contributed by atoms with E-state index in [9.17, 15) is 8.42 Å². The SMILES string of the molecule is CCC1C=Nc2c(nc(Sc3cc4c(cc3-c3ncco3)OCO4)n2CCCS(=O)(=O)NCC(C)C)C(=N)C1. The van der Waals surface area contributed by atoms with Crippen molar-refractivity contribution in [3.63, 3.8) is 0 Å². The Morgan fingerprint density at radius 1 is 1.26 bits per heavy atom. The van der Waals surface area contributed by atoms with E-state index < -0.39 is 10.0 Å². The normalized spacial score (nSPS) is 16.6. The minimum atomic E-state index is -3.42. The number of rotatable bonds is 11. The number of aliphatic imine (C=N–C) groups is 1. The molecule has 0 radical (unpaired) electrons. The number of hydrogen-bond acceptors (Lipinski definition) is 10. The van der Waals surface area contributed by atoms with Gasteiger partial charge in [0.25, 0.3) is 0 Å². The van der Waals surface area contributed by atoms with E-state index in [-0.39, 0.29) is 24.4 Å². The molecule has 0 bridgehead atoms. The Kier molecular flexibility index (Phi) is 8.10. The number of sulfonamides is 1. The number of fused-ring (bicyclic) bond motifs is 2. The van der Waals surface area contributed by atoms with Gasteiger partial charge < -0.3 is 23.9 Å². The number of imidazole rings is 1. The fourth-order valence-corrected chi connectivity index (χ4v) is 6.57. The average molecular weight is 573 g/mol. The Morgan fingerprint density at radius 3 is 2.77 bits per heavy atom. The van der Waals surface area contributed by atoms with Gasteiger partial charge in [-0.15, -0.1) is 0 Å². The number of ether oxygens (including phenoxy) is 2. The van der Waals surface area contributed by atoms with E-state index in [0.29, 0.717) is 71.3 Å². The summed E-state index contributed by atoms with van der Waals surface area (Å²) < 4.78 is 46.5.